The molecule has 176 valence electrons. The summed E-state index contributed by atoms with van der Waals surface area (Å²) in [5.74, 6) is 0. The second-order valence-corrected chi connectivity index (χ2v) is 10.5. The first kappa shape index (κ1) is 23.2. The van der Waals surface area contributed by atoms with Crippen LogP contribution in [0.5, 0.6) is 0 Å². The van der Waals surface area contributed by atoms with Gasteiger partial charge in [-0.15, -0.1) is 0 Å². The van der Waals surface area contributed by atoms with Crippen LogP contribution in [0.3, 0.4) is 0 Å². The van der Waals surface area contributed by atoms with Crippen LogP contribution in [0.15, 0.2) is 12.1 Å². The molecule has 2 atom stereocenters. The number of carbonyl (C=O) groups excluding carboxylic acids is 2. The number of carbonyl (C=O) groups is 2. The predicted octanol–water partition coefficient (Wildman–Crippen LogP) is 4.61. The van der Waals surface area contributed by atoms with Gasteiger partial charge in [0.2, 0.25) is 0 Å². The smallest absolute Gasteiger partial charge is 0.410 e. The van der Waals surface area contributed by atoms with Gasteiger partial charge in [0.15, 0.2) is 0 Å². The number of morpholine rings is 1. The van der Waals surface area contributed by atoms with E-state index in [4.69, 9.17) is 21.1 Å². The standard InChI is InChI=1S/C24H34ClN3O4/c1-16-15-31-11-10-27(16)22(29)26-9-7-17-12-18(25)13-19(20(17)14-26)21-6-5-8-28(21)23(30)32-24(2,3)4/h12-13,16,21H,5-11,14-15H2,1-4H3/t16-,21+/m1/s1. The molecule has 0 radical (unpaired) electrons. The summed E-state index contributed by atoms with van der Waals surface area (Å²) in [5, 5.41) is 0.677. The van der Waals surface area contributed by atoms with E-state index < -0.39 is 5.60 Å². The quantitative estimate of drug-likeness (QED) is 0.610. The summed E-state index contributed by atoms with van der Waals surface area (Å²) < 4.78 is 11.2. The van der Waals surface area contributed by atoms with Crippen molar-refractivity contribution in [3.8, 4) is 0 Å². The highest BCUT2D eigenvalue weighted by Gasteiger charge is 2.37. The third kappa shape index (κ3) is 4.84. The monoisotopic (exact) mass is 463 g/mol. The highest BCUT2D eigenvalue weighted by molar-refractivity contribution is 6.30. The van der Waals surface area contributed by atoms with E-state index in [2.05, 4.69) is 0 Å². The van der Waals surface area contributed by atoms with Gasteiger partial charge in [-0.3, -0.25) is 0 Å². The highest BCUT2D eigenvalue weighted by Crippen LogP contribution is 2.39. The Morgan fingerprint density at radius 1 is 1.16 bits per heavy atom. The van der Waals surface area contributed by atoms with Crippen molar-refractivity contribution in [1.29, 1.82) is 0 Å². The van der Waals surface area contributed by atoms with Crippen LogP contribution in [0.1, 0.15) is 63.3 Å². The molecular weight excluding hydrogens is 430 g/mol. The van der Waals surface area contributed by atoms with Crippen molar-refractivity contribution in [1.82, 2.24) is 14.7 Å². The molecule has 7 nitrogen and oxygen atoms in total. The molecule has 32 heavy (non-hydrogen) atoms. The molecule has 3 aliphatic heterocycles. The Hall–Kier alpha value is -1.99. The summed E-state index contributed by atoms with van der Waals surface area (Å²) >= 11 is 6.50. The first-order chi connectivity index (χ1) is 15.1. The topological polar surface area (TPSA) is 62.3 Å². The minimum Gasteiger partial charge on any atom is -0.444 e. The van der Waals surface area contributed by atoms with Gasteiger partial charge in [0, 0.05) is 31.2 Å². The van der Waals surface area contributed by atoms with E-state index in [0.717, 1.165) is 30.4 Å². The number of hydrogen-bond acceptors (Lipinski definition) is 4. The lowest BCUT2D eigenvalue weighted by Gasteiger charge is -2.40. The van der Waals surface area contributed by atoms with Gasteiger partial charge in [0.1, 0.15) is 5.60 Å². The Morgan fingerprint density at radius 3 is 2.66 bits per heavy atom. The Balaban J connectivity index is 1.60. The summed E-state index contributed by atoms with van der Waals surface area (Å²) in [6.45, 7) is 11.3. The molecule has 2 saturated heterocycles. The molecule has 4 rings (SSSR count). The van der Waals surface area contributed by atoms with Crippen LogP contribution >= 0.6 is 11.6 Å². The van der Waals surface area contributed by atoms with Crippen LogP contribution in [0.2, 0.25) is 5.02 Å². The molecule has 0 spiro atoms. The predicted molar refractivity (Wildman–Crippen MR) is 123 cm³/mol. The molecule has 8 heteroatoms. The molecule has 3 aliphatic rings. The number of likely N-dealkylation sites (tertiary alicyclic amines) is 1. The largest absolute Gasteiger partial charge is 0.444 e. The van der Waals surface area contributed by atoms with E-state index in [1.165, 1.54) is 5.56 Å². The number of nitrogens with zero attached hydrogens (tertiary/aromatic N) is 3. The number of amides is 3. The maximum Gasteiger partial charge on any atom is 0.410 e. The Kier molecular flexibility index (Phi) is 6.59. The summed E-state index contributed by atoms with van der Waals surface area (Å²) in [7, 11) is 0. The molecule has 3 amide bonds. The third-order valence-corrected chi connectivity index (χ3v) is 6.68. The molecule has 0 unspecified atom stereocenters. The van der Waals surface area contributed by atoms with Crippen LogP contribution < -0.4 is 0 Å². The van der Waals surface area contributed by atoms with E-state index in [9.17, 15) is 9.59 Å². The van der Waals surface area contributed by atoms with Crippen LogP contribution in [0, 0.1) is 0 Å². The Morgan fingerprint density at radius 2 is 1.94 bits per heavy atom. The van der Waals surface area contributed by atoms with Crippen LogP contribution in [-0.4, -0.2) is 71.3 Å². The lowest BCUT2D eigenvalue weighted by molar-refractivity contribution is 0.00923. The summed E-state index contributed by atoms with van der Waals surface area (Å²) in [4.78, 5) is 31.8. The van der Waals surface area contributed by atoms with Gasteiger partial charge >= 0.3 is 12.1 Å². The van der Waals surface area contributed by atoms with Crippen molar-refractivity contribution in [2.75, 3.05) is 32.8 Å². The van der Waals surface area contributed by atoms with E-state index in [-0.39, 0.29) is 24.2 Å². The third-order valence-electron chi connectivity index (χ3n) is 6.47. The second kappa shape index (κ2) is 9.10. The maximum absolute atomic E-state index is 13.3. The normalized spacial score (nSPS) is 23.8. The molecule has 0 aliphatic carbocycles. The average molecular weight is 464 g/mol. The lowest BCUT2D eigenvalue weighted by Crippen LogP contribution is -2.53. The van der Waals surface area contributed by atoms with Crippen molar-refractivity contribution in [2.24, 2.45) is 0 Å². The van der Waals surface area contributed by atoms with Gasteiger partial charge < -0.3 is 24.2 Å². The van der Waals surface area contributed by atoms with E-state index in [1.54, 1.807) is 0 Å². The molecule has 3 heterocycles. The van der Waals surface area contributed by atoms with E-state index >= 15 is 0 Å². The minimum absolute atomic E-state index is 0.0581. The van der Waals surface area contributed by atoms with Crippen LogP contribution in [0.4, 0.5) is 9.59 Å². The number of benzene rings is 1. The fraction of sp³-hybridized carbons (Fsp3) is 0.667. The number of hydrogen-bond donors (Lipinski definition) is 0. The molecule has 1 aromatic carbocycles. The summed E-state index contributed by atoms with van der Waals surface area (Å²) in [6.07, 6.45) is 2.24. The van der Waals surface area contributed by atoms with Gasteiger partial charge in [0.05, 0.1) is 25.3 Å². The molecule has 0 aromatic heterocycles. The second-order valence-electron chi connectivity index (χ2n) is 10.0. The van der Waals surface area contributed by atoms with Gasteiger partial charge in [-0.05, 0) is 75.8 Å². The molecule has 0 N–H and O–H groups in total. The number of halogens is 1. The first-order valence-electron chi connectivity index (χ1n) is 11.6. The lowest BCUT2D eigenvalue weighted by atomic mass is 9.90. The van der Waals surface area contributed by atoms with Crippen molar-refractivity contribution in [2.45, 2.75) is 71.2 Å². The van der Waals surface area contributed by atoms with Crippen LogP contribution in [0.25, 0.3) is 0 Å². The molecule has 2 fully saturated rings. The zero-order chi connectivity index (χ0) is 23.0. The van der Waals surface area contributed by atoms with Crippen molar-refractivity contribution < 1.29 is 19.1 Å². The van der Waals surface area contributed by atoms with Crippen molar-refractivity contribution >= 4 is 23.7 Å². The molecule has 1 aromatic rings. The summed E-state index contributed by atoms with van der Waals surface area (Å²) in [6, 6.07) is 4.02. The zero-order valence-corrected chi connectivity index (χ0v) is 20.3. The SMILES string of the molecule is C[C@@H]1COCCN1C(=O)N1CCc2cc(Cl)cc([C@@H]3CCCN3C(=O)OC(C)(C)C)c2C1. The van der Waals surface area contributed by atoms with Gasteiger partial charge in [0.25, 0.3) is 0 Å². The number of fused-ring (bicyclic) bond motifs is 1. The molecule has 0 saturated carbocycles. The number of urea groups is 1. The minimum atomic E-state index is -0.546. The first-order valence-corrected chi connectivity index (χ1v) is 12.0. The van der Waals surface area contributed by atoms with E-state index in [0.29, 0.717) is 44.4 Å². The van der Waals surface area contributed by atoms with Crippen molar-refractivity contribution in [3.63, 3.8) is 0 Å². The average Bonchev–Trinajstić information content (AvgIpc) is 3.21. The van der Waals surface area contributed by atoms with Gasteiger partial charge in [-0.25, -0.2) is 9.59 Å². The molecular formula is C24H34ClN3O4. The Labute approximate surface area is 195 Å². The van der Waals surface area contributed by atoms with Gasteiger partial charge in [-0.2, -0.15) is 0 Å². The summed E-state index contributed by atoms with van der Waals surface area (Å²) in [5.41, 5.74) is 2.79. The Bertz CT molecular complexity index is 885. The molecule has 0 bridgehead atoms. The fourth-order valence-electron chi connectivity index (χ4n) is 4.94. The zero-order valence-electron chi connectivity index (χ0n) is 19.5. The van der Waals surface area contributed by atoms with Gasteiger partial charge in [-0.1, -0.05) is 11.6 Å². The number of ether oxygens (including phenoxy) is 2. The fourth-order valence-corrected chi connectivity index (χ4v) is 5.19. The highest BCUT2D eigenvalue weighted by atomic mass is 35.5. The van der Waals surface area contributed by atoms with Crippen LogP contribution in [-0.2, 0) is 22.4 Å². The van der Waals surface area contributed by atoms with Crippen molar-refractivity contribution in [3.05, 3.63) is 33.8 Å². The maximum atomic E-state index is 13.3. The number of rotatable bonds is 1. The van der Waals surface area contributed by atoms with E-state index in [1.807, 2.05) is 54.5 Å².